The van der Waals surface area contributed by atoms with Crippen molar-refractivity contribution in [1.82, 2.24) is 0 Å². The van der Waals surface area contributed by atoms with Crippen LogP contribution in [0.1, 0.15) is 125 Å². The van der Waals surface area contributed by atoms with Crippen molar-refractivity contribution in [2.75, 3.05) is 0 Å². The zero-order chi connectivity index (χ0) is 32.4. The minimum Gasteiger partial charge on any atom is -0.462 e. The Hall–Kier alpha value is -1.75. The average Bonchev–Trinajstić information content (AvgIpc) is 3.34. The molecule has 0 aromatic heterocycles. The normalized spacial score (nSPS) is 48.1. The highest BCUT2D eigenvalue weighted by Crippen LogP contribution is 2.70. The highest BCUT2D eigenvalue weighted by Gasteiger charge is 2.69. The number of hydrogen-bond donors (Lipinski definition) is 1. The van der Waals surface area contributed by atoms with Gasteiger partial charge in [-0.15, -0.1) is 0 Å². The molecule has 1 aliphatic heterocycles. The molecule has 2 N–H and O–H groups in total. The third-order valence-electron chi connectivity index (χ3n) is 13.8. The lowest BCUT2D eigenvalue weighted by Crippen LogP contribution is -2.65. The van der Waals surface area contributed by atoms with E-state index >= 15 is 0 Å². The smallest absolute Gasteiger partial charge is 0.302 e. The molecule has 1 amide bonds. The van der Waals surface area contributed by atoms with Gasteiger partial charge in [0.1, 0.15) is 12.2 Å². The van der Waals surface area contributed by atoms with Crippen LogP contribution in [0.25, 0.3) is 0 Å². The number of esters is 2. The third-order valence-corrected chi connectivity index (χ3v) is 13.8. The SMILES string of the molecule is CC(=O)O[C@H]1C[C@H]2[C@@H]([C@H](OC(C)=O)C[C@@H]3CC4(CC[C@@]32C)OOC2(CCCCC2C)OO4)[C@@H]2CCC(C(C)CCC(N)=O)[C@@]12C. The first-order chi connectivity index (χ1) is 21.2. The summed E-state index contributed by atoms with van der Waals surface area (Å²) in [4.78, 5) is 61.5. The number of nitrogens with two attached hydrogens (primary N) is 1. The minimum atomic E-state index is -1.01. The molecule has 254 valence electrons. The molecule has 5 aliphatic carbocycles. The van der Waals surface area contributed by atoms with Gasteiger partial charge < -0.3 is 15.2 Å². The maximum atomic E-state index is 12.6. The molecule has 45 heavy (non-hydrogen) atoms. The lowest BCUT2D eigenvalue weighted by Gasteiger charge is -2.65. The molecule has 1 heterocycles. The largest absolute Gasteiger partial charge is 0.462 e. The summed E-state index contributed by atoms with van der Waals surface area (Å²) in [5, 5.41) is 0. The van der Waals surface area contributed by atoms with E-state index in [4.69, 9.17) is 34.8 Å². The van der Waals surface area contributed by atoms with Crippen molar-refractivity contribution >= 4 is 17.8 Å². The van der Waals surface area contributed by atoms with Crippen LogP contribution < -0.4 is 5.73 Å². The van der Waals surface area contributed by atoms with Gasteiger partial charge in [0.25, 0.3) is 0 Å². The van der Waals surface area contributed by atoms with E-state index in [0.29, 0.717) is 38.5 Å². The summed E-state index contributed by atoms with van der Waals surface area (Å²) in [5.41, 5.74) is 5.12. The molecule has 2 spiro atoms. The quantitative estimate of drug-likeness (QED) is 0.270. The molecule has 1 saturated heterocycles. The first-order valence-corrected chi connectivity index (χ1v) is 17.6. The number of fused-ring (bicyclic) bond motifs is 5. The maximum Gasteiger partial charge on any atom is 0.302 e. The van der Waals surface area contributed by atoms with Gasteiger partial charge in [0, 0.05) is 56.8 Å². The molecule has 6 aliphatic rings. The second-order valence-corrected chi connectivity index (χ2v) is 16.1. The van der Waals surface area contributed by atoms with Gasteiger partial charge in [-0.1, -0.05) is 34.1 Å². The van der Waals surface area contributed by atoms with Crippen molar-refractivity contribution in [3.63, 3.8) is 0 Å². The van der Waals surface area contributed by atoms with Crippen LogP contribution >= 0.6 is 0 Å². The molecule has 0 radical (unpaired) electrons. The zero-order valence-electron chi connectivity index (χ0n) is 28.1. The minimum absolute atomic E-state index is 0.109. The highest BCUT2D eigenvalue weighted by atomic mass is 17.4. The van der Waals surface area contributed by atoms with Gasteiger partial charge in [-0.25, -0.2) is 0 Å². The standard InChI is InChI=1S/C35H55NO9/c1-20(10-13-30(36)39)25-11-12-26-31-27(18-29(33(25,26)6)41-23(4)38)32(5)15-16-34(19-24(32)17-28(31)40-22(3)37)42-44-35(45-43-34)14-8-7-9-21(35)2/h20-21,24-29,31H,7-19H2,1-6H3,(H2,36,39)/t20?,21?,24-,25?,26+,27+,28-,29+,31+,32+,33-,34?,35?/m1/s1. The number of primary amides is 1. The van der Waals surface area contributed by atoms with Gasteiger partial charge in [-0.05, 0) is 86.4 Å². The van der Waals surface area contributed by atoms with Crippen LogP contribution in [-0.2, 0) is 43.4 Å². The van der Waals surface area contributed by atoms with E-state index in [1.54, 1.807) is 0 Å². The fourth-order valence-corrected chi connectivity index (χ4v) is 11.3. The van der Waals surface area contributed by atoms with Gasteiger partial charge in [-0.2, -0.15) is 19.6 Å². The van der Waals surface area contributed by atoms with E-state index in [9.17, 15) is 14.4 Å². The van der Waals surface area contributed by atoms with E-state index in [1.165, 1.54) is 13.8 Å². The monoisotopic (exact) mass is 633 g/mol. The van der Waals surface area contributed by atoms with Crippen molar-refractivity contribution in [2.24, 2.45) is 58.0 Å². The van der Waals surface area contributed by atoms with E-state index in [0.717, 1.165) is 44.9 Å². The second-order valence-electron chi connectivity index (χ2n) is 16.1. The average molecular weight is 634 g/mol. The Morgan fingerprint density at radius 2 is 1.60 bits per heavy atom. The van der Waals surface area contributed by atoms with Crippen molar-refractivity contribution < 1.29 is 43.4 Å². The van der Waals surface area contributed by atoms with Gasteiger partial charge in [0.2, 0.25) is 17.5 Å². The van der Waals surface area contributed by atoms with Crippen molar-refractivity contribution in [1.29, 1.82) is 0 Å². The van der Waals surface area contributed by atoms with Crippen molar-refractivity contribution in [2.45, 2.75) is 149 Å². The molecule has 6 fully saturated rings. The molecule has 10 heteroatoms. The Balaban J connectivity index is 1.29. The molecule has 3 unspecified atom stereocenters. The van der Waals surface area contributed by atoms with E-state index in [1.807, 2.05) is 0 Å². The van der Waals surface area contributed by atoms with E-state index < -0.39 is 11.6 Å². The molecular formula is C35H55NO9. The lowest BCUT2D eigenvalue weighted by molar-refractivity contribution is -0.671. The van der Waals surface area contributed by atoms with E-state index in [-0.39, 0.29) is 82.3 Å². The first kappa shape index (κ1) is 33.2. The fraction of sp³-hybridized carbons (Fsp3) is 0.914. The second kappa shape index (κ2) is 12.0. The molecule has 6 rings (SSSR count). The highest BCUT2D eigenvalue weighted by molar-refractivity contribution is 5.73. The first-order valence-electron chi connectivity index (χ1n) is 17.6. The number of carbonyl (C=O) groups is 3. The molecule has 0 aromatic rings. The van der Waals surface area contributed by atoms with Crippen molar-refractivity contribution in [3.8, 4) is 0 Å². The third kappa shape index (κ3) is 5.63. The molecular weight excluding hydrogens is 578 g/mol. The zero-order valence-corrected chi connectivity index (χ0v) is 28.1. The van der Waals surface area contributed by atoms with Gasteiger partial charge in [0.05, 0.1) is 0 Å². The van der Waals surface area contributed by atoms with Crippen LogP contribution in [0.3, 0.4) is 0 Å². The summed E-state index contributed by atoms with van der Waals surface area (Å²) < 4.78 is 12.5. The number of rotatable bonds is 6. The van der Waals surface area contributed by atoms with Gasteiger partial charge in [-0.3, -0.25) is 14.4 Å². The molecule has 11 atom stereocenters. The Bertz CT molecular complexity index is 1150. The van der Waals surface area contributed by atoms with Gasteiger partial charge in [0.15, 0.2) is 0 Å². The summed E-state index contributed by atoms with van der Waals surface area (Å²) in [6.07, 6.45) is 9.81. The number of amides is 1. The lowest BCUT2D eigenvalue weighted by atomic mass is 9.42. The molecule has 5 saturated carbocycles. The van der Waals surface area contributed by atoms with Crippen LogP contribution in [0.2, 0.25) is 0 Å². The fourth-order valence-electron chi connectivity index (χ4n) is 11.3. The van der Waals surface area contributed by atoms with Crippen LogP contribution in [-0.4, -0.2) is 41.6 Å². The van der Waals surface area contributed by atoms with Crippen LogP contribution in [0, 0.1) is 52.3 Å². The number of ether oxygens (including phenoxy) is 2. The predicted molar refractivity (Wildman–Crippen MR) is 162 cm³/mol. The Morgan fingerprint density at radius 1 is 0.889 bits per heavy atom. The van der Waals surface area contributed by atoms with Crippen LogP contribution in [0.4, 0.5) is 0 Å². The molecule has 10 nitrogen and oxygen atoms in total. The predicted octanol–water partition coefficient (Wildman–Crippen LogP) is 6.14. The topological polar surface area (TPSA) is 133 Å². The summed E-state index contributed by atoms with van der Waals surface area (Å²) in [5.74, 6) is -1.37. The van der Waals surface area contributed by atoms with Crippen molar-refractivity contribution in [3.05, 3.63) is 0 Å². The Labute approximate surface area is 267 Å². The summed E-state index contributed by atoms with van der Waals surface area (Å²) in [6, 6.07) is 0. The molecule has 0 aromatic carbocycles. The maximum absolute atomic E-state index is 12.6. The van der Waals surface area contributed by atoms with Crippen LogP contribution in [0.5, 0.6) is 0 Å². The summed E-state index contributed by atoms with van der Waals surface area (Å²) in [6.45, 7) is 12.0. The summed E-state index contributed by atoms with van der Waals surface area (Å²) >= 11 is 0. The Morgan fingerprint density at radius 3 is 2.24 bits per heavy atom. The Kier molecular flexibility index (Phi) is 8.88. The number of carbonyl (C=O) groups excluding carboxylic acids is 3. The summed E-state index contributed by atoms with van der Waals surface area (Å²) in [7, 11) is 0. The molecule has 0 bridgehead atoms. The number of hydrogen-bond acceptors (Lipinski definition) is 9. The van der Waals surface area contributed by atoms with E-state index in [2.05, 4.69) is 27.7 Å². The van der Waals surface area contributed by atoms with Gasteiger partial charge >= 0.3 is 11.9 Å². The van der Waals surface area contributed by atoms with Crippen LogP contribution in [0.15, 0.2) is 0 Å².